The molecule has 0 radical (unpaired) electrons. The zero-order chi connectivity index (χ0) is 14.9. The second kappa shape index (κ2) is 6.36. The van der Waals surface area contributed by atoms with Crippen LogP contribution < -0.4 is 0 Å². The number of hydrogen-bond acceptors (Lipinski definition) is 4. The van der Waals surface area contributed by atoms with E-state index in [-0.39, 0.29) is 21.5 Å². The minimum absolute atomic E-state index is 0.135. The van der Waals surface area contributed by atoms with Gasteiger partial charge in [0.15, 0.2) is 4.67 Å². The van der Waals surface area contributed by atoms with Crippen LogP contribution in [0, 0.1) is 0 Å². The zero-order valence-electron chi connectivity index (χ0n) is 11.5. The van der Waals surface area contributed by atoms with Crippen molar-refractivity contribution in [2.75, 3.05) is 27.2 Å². The van der Waals surface area contributed by atoms with Crippen LogP contribution in [-0.2, 0) is 15.9 Å². The van der Waals surface area contributed by atoms with Crippen molar-refractivity contribution < 1.29 is 12.8 Å². The van der Waals surface area contributed by atoms with Crippen LogP contribution in [0.2, 0.25) is 0 Å². The number of sulfonamides is 1. The van der Waals surface area contributed by atoms with Crippen LogP contribution in [0.15, 0.2) is 20.0 Å². The number of hydrogen-bond donors (Lipinski definition) is 0. The summed E-state index contributed by atoms with van der Waals surface area (Å²) in [7, 11) is 0.0614. The molecule has 1 atom stereocenters. The Hall–Kier alpha value is -0.0800. The second-order valence-electron chi connectivity index (χ2n) is 5.05. The number of nitrogens with zero attached hydrogens (tertiary/aromatic N) is 2. The number of likely N-dealkylation sites (N-methyl/N-ethyl adjacent to an activating group) is 2. The molecule has 1 aliphatic rings. The lowest BCUT2D eigenvalue weighted by atomic mass is 10.2. The lowest BCUT2D eigenvalue weighted by Gasteiger charge is -2.25. The Morgan fingerprint density at radius 1 is 1.60 bits per heavy atom. The van der Waals surface area contributed by atoms with Crippen molar-refractivity contribution in [1.29, 1.82) is 0 Å². The van der Waals surface area contributed by atoms with E-state index < -0.39 is 10.0 Å². The van der Waals surface area contributed by atoms with Crippen LogP contribution in [-0.4, -0.2) is 50.8 Å². The first-order chi connectivity index (χ1) is 9.36. The highest BCUT2D eigenvalue weighted by Gasteiger charge is 2.31. The SMILES string of the molecule is CN1CCCC1CN(C)S(=O)(=O)c1cc(CCl)oc1Br. The van der Waals surface area contributed by atoms with Crippen molar-refractivity contribution in [3.8, 4) is 0 Å². The van der Waals surface area contributed by atoms with Gasteiger partial charge in [-0.3, -0.25) is 0 Å². The van der Waals surface area contributed by atoms with E-state index >= 15 is 0 Å². The molecule has 0 spiro atoms. The summed E-state index contributed by atoms with van der Waals surface area (Å²) < 4.78 is 32.0. The minimum atomic E-state index is -3.56. The van der Waals surface area contributed by atoms with Crippen molar-refractivity contribution in [2.24, 2.45) is 0 Å². The normalized spacial score (nSPS) is 20.9. The van der Waals surface area contributed by atoms with Gasteiger partial charge in [-0.05, 0) is 42.4 Å². The highest BCUT2D eigenvalue weighted by Crippen LogP contribution is 2.29. The number of alkyl halides is 1. The summed E-state index contributed by atoms with van der Waals surface area (Å²) in [5.41, 5.74) is 0. The average molecular weight is 386 g/mol. The molecule has 1 aromatic heterocycles. The molecule has 2 rings (SSSR count). The molecule has 0 aliphatic carbocycles. The van der Waals surface area contributed by atoms with Crippen LogP contribution in [0.3, 0.4) is 0 Å². The van der Waals surface area contributed by atoms with Crippen LogP contribution in [0.25, 0.3) is 0 Å². The first kappa shape index (κ1) is 16.3. The van der Waals surface area contributed by atoms with Gasteiger partial charge in [-0.2, -0.15) is 4.31 Å². The minimum Gasteiger partial charge on any atom is -0.452 e. The lowest BCUT2D eigenvalue weighted by molar-refractivity contribution is 0.271. The predicted octanol–water partition coefficient (Wildman–Crippen LogP) is 2.50. The topological polar surface area (TPSA) is 53.8 Å². The van der Waals surface area contributed by atoms with Crippen LogP contribution in [0.4, 0.5) is 0 Å². The summed E-state index contributed by atoms with van der Waals surface area (Å²) in [6.07, 6.45) is 2.14. The molecule has 1 saturated heterocycles. The van der Waals surface area contributed by atoms with Crippen molar-refractivity contribution in [3.05, 3.63) is 16.5 Å². The monoisotopic (exact) mass is 384 g/mol. The zero-order valence-corrected chi connectivity index (χ0v) is 14.6. The van der Waals surface area contributed by atoms with E-state index in [1.54, 1.807) is 7.05 Å². The standard InChI is InChI=1S/C12H18BrClN2O3S/c1-15-5-3-4-9(15)8-16(2)20(17,18)11-6-10(7-14)19-12(11)13/h6,9H,3-5,7-8H2,1-2H3. The number of halogens is 2. The van der Waals surface area contributed by atoms with E-state index in [9.17, 15) is 8.42 Å². The molecule has 8 heteroatoms. The van der Waals surface area contributed by atoms with Crippen molar-refractivity contribution in [3.63, 3.8) is 0 Å². The maximum atomic E-state index is 12.6. The molecule has 20 heavy (non-hydrogen) atoms. The largest absolute Gasteiger partial charge is 0.452 e. The first-order valence-corrected chi connectivity index (χ1v) is 9.13. The third-order valence-electron chi connectivity index (χ3n) is 3.67. The fraction of sp³-hybridized carbons (Fsp3) is 0.667. The van der Waals surface area contributed by atoms with Gasteiger partial charge >= 0.3 is 0 Å². The average Bonchev–Trinajstić information content (AvgIpc) is 2.96. The molecule has 5 nitrogen and oxygen atoms in total. The molecule has 1 unspecified atom stereocenters. The van der Waals surface area contributed by atoms with Crippen LogP contribution in [0.5, 0.6) is 0 Å². The van der Waals surface area contributed by atoms with E-state index in [0.717, 1.165) is 19.4 Å². The maximum absolute atomic E-state index is 12.6. The van der Waals surface area contributed by atoms with Crippen molar-refractivity contribution in [2.45, 2.75) is 29.7 Å². The molecule has 0 bridgehead atoms. The molecule has 0 aromatic carbocycles. The molecular weight excluding hydrogens is 368 g/mol. The second-order valence-corrected chi connectivity index (χ2v) is 8.05. The Morgan fingerprint density at radius 2 is 2.30 bits per heavy atom. The number of rotatable bonds is 5. The molecule has 1 aromatic rings. The molecule has 1 fully saturated rings. The molecule has 0 N–H and O–H groups in total. The molecule has 2 heterocycles. The van der Waals surface area contributed by atoms with E-state index in [1.807, 2.05) is 7.05 Å². The highest BCUT2D eigenvalue weighted by atomic mass is 79.9. The Balaban J connectivity index is 2.18. The van der Waals surface area contributed by atoms with Gasteiger partial charge in [0.05, 0.1) is 5.88 Å². The predicted molar refractivity (Wildman–Crippen MR) is 81.4 cm³/mol. The summed E-state index contributed by atoms with van der Waals surface area (Å²) in [4.78, 5) is 2.33. The van der Waals surface area contributed by atoms with E-state index in [2.05, 4.69) is 20.8 Å². The van der Waals surface area contributed by atoms with E-state index in [1.165, 1.54) is 10.4 Å². The molecule has 114 valence electrons. The van der Waals surface area contributed by atoms with Gasteiger partial charge in [-0.25, -0.2) is 8.42 Å². The summed E-state index contributed by atoms with van der Waals surface area (Å²) >= 11 is 8.81. The highest BCUT2D eigenvalue weighted by molar-refractivity contribution is 9.10. The van der Waals surface area contributed by atoms with Crippen molar-refractivity contribution in [1.82, 2.24) is 9.21 Å². The maximum Gasteiger partial charge on any atom is 0.247 e. The molecular formula is C12H18BrClN2O3S. The van der Waals surface area contributed by atoms with Gasteiger partial charge < -0.3 is 9.32 Å². The summed E-state index contributed by atoms with van der Waals surface area (Å²) in [5.74, 6) is 0.576. The number of likely N-dealkylation sites (tertiary alicyclic amines) is 1. The quantitative estimate of drug-likeness (QED) is 0.731. The smallest absolute Gasteiger partial charge is 0.247 e. The van der Waals surface area contributed by atoms with Gasteiger partial charge in [0.1, 0.15) is 10.7 Å². The Labute approximate surface area is 133 Å². The molecule has 0 saturated carbocycles. The Kier molecular flexibility index (Phi) is 5.18. The van der Waals surface area contributed by atoms with Gasteiger partial charge in [-0.15, -0.1) is 11.6 Å². The fourth-order valence-electron chi connectivity index (χ4n) is 2.41. The van der Waals surface area contributed by atoms with Crippen LogP contribution in [0.1, 0.15) is 18.6 Å². The van der Waals surface area contributed by atoms with Gasteiger partial charge in [-0.1, -0.05) is 0 Å². The van der Waals surface area contributed by atoms with Gasteiger partial charge in [0.25, 0.3) is 0 Å². The van der Waals surface area contributed by atoms with E-state index in [4.69, 9.17) is 16.0 Å². The van der Waals surface area contributed by atoms with Gasteiger partial charge in [0, 0.05) is 25.7 Å². The summed E-state index contributed by atoms with van der Waals surface area (Å²) in [6, 6.07) is 1.74. The third kappa shape index (κ3) is 3.22. The fourth-order valence-corrected chi connectivity index (χ4v) is 4.71. The van der Waals surface area contributed by atoms with E-state index in [0.29, 0.717) is 12.3 Å². The van der Waals surface area contributed by atoms with Crippen LogP contribution >= 0.6 is 27.5 Å². The van der Waals surface area contributed by atoms with Crippen molar-refractivity contribution >= 4 is 37.6 Å². The molecule has 1 aliphatic heterocycles. The first-order valence-electron chi connectivity index (χ1n) is 6.37. The van der Waals surface area contributed by atoms with Gasteiger partial charge in [0.2, 0.25) is 10.0 Å². The third-order valence-corrected chi connectivity index (χ3v) is 6.61. The summed E-state index contributed by atoms with van der Waals surface area (Å²) in [6.45, 7) is 1.50. The Morgan fingerprint density at radius 3 is 2.80 bits per heavy atom. The summed E-state index contributed by atoms with van der Waals surface area (Å²) in [5, 5.41) is 0. The Bertz CT molecular complexity index is 575. The number of furan rings is 1. The molecule has 0 amide bonds. The lowest BCUT2D eigenvalue weighted by Crippen LogP contribution is -2.39.